The third kappa shape index (κ3) is 14.5. The van der Waals surface area contributed by atoms with E-state index in [0.29, 0.717) is 76.4 Å². The van der Waals surface area contributed by atoms with Crippen LogP contribution < -0.4 is 9.64 Å². The van der Waals surface area contributed by atoms with Gasteiger partial charge in [-0.15, -0.1) is 11.6 Å². The zero-order valence-corrected chi connectivity index (χ0v) is 35.1. The fraction of sp³-hybridized carbons (Fsp3) is 0.636. The number of anilines is 1. The summed E-state index contributed by atoms with van der Waals surface area (Å²) in [6.07, 6.45) is 14.3. The number of urea groups is 1. The van der Waals surface area contributed by atoms with Gasteiger partial charge in [0.1, 0.15) is 22.9 Å². The van der Waals surface area contributed by atoms with Crippen molar-refractivity contribution in [1.82, 2.24) is 9.80 Å². The number of halogens is 1. The first-order chi connectivity index (χ1) is 26.5. The predicted molar refractivity (Wildman–Crippen MR) is 221 cm³/mol. The molecule has 0 radical (unpaired) electrons. The van der Waals surface area contributed by atoms with Gasteiger partial charge in [0.25, 0.3) is 11.8 Å². The number of ketones is 1. The topological polar surface area (TPSA) is 106 Å². The number of Topliss-reactive ketones (excluding diaryl/α,β-unsaturated/α-hetero) is 1. The lowest BCUT2D eigenvalue weighted by Crippen LogP contribution is -2.56. The van der Waals surface area contributed by atoms with Gasteiger partial charge in [-0.1, -0.05) is 53.4 Å². The number of imide groups is 2. The number of carbonyl (C=O) groups excluding carboxylic acids is 4. The monoisotopic (exact) mass is 783 g/mol. The highest BCUT2D eigenvalue weighted by Crippen LogP contribution is 2.44. The van der Waals surface area contributed by atoms with Crippen LogP contribution >= 0.6 is 11.6 Å². The number of ether oxygens (including phenoxy) is 3. The third-order valence-electron chi connectivity index (χ3n) is 9.89. The first kappa shape index (κ1) is 45.9. The highest BCUT2D eigenvalue weighted by atomic mass is 35.5. The number of benzene rings is 1. The molecule has 2 aliphatic rings. The minimum atomic E-state index is -0.608. The lowest BCUT2D eigenvalue weighted by molar-refractivity contribution is -0.136. The Morgan fingerprint density at radius 2 is 1.40 bits per heavy atom. The van der Waals surface area contributed by atoms with Gasteiger partial charge in [-0.05, 0) is 93.7 Å². The van der Waals surface area contributed by atoms with Crippen molar-refractivity contribution in [3.05, 3.63) is 53.3 Å². The van der Waals surface area contributed by atoms with Gasteiger partial charge in [-0.3, -0.25) is 24.2 Å². The van der Waals surface area contributed by atoms with Crippen LogP contribution in [0.1, 0.15) is 124 Å². The van der Waals surface area contributed by atoms with E-state index < -0.39 is 17.8 Å². The van der Waals surface area contributed by atoms with Crippen LogP contribution in [0.3, 0.4) is 0 Å². The number of fused-ring (bicyclic) bond motifs is 1. The average molecular weight is 784 g/mol. The summed E-state index contributed by atoms with van der Waals surface area (Å²) in [6.45, 7) is 17.1. The fourth-order valence-electron chi connectivity index (χ4n) is 6.64. The zero-order chi connectivity index (χ0) is 40.2. The van der Waals surface area contributed by atoms with Crippen molar-refractivity contribution >= 4 is 46.5 Å². The van der Waals surface area contributed by atoms with Gasteiger partial charge in [0.15, 0.2) is 0 Å². The number of nitrogens with zero attached hydrogens (tertiary/aromatic N) is 3. The van der Waals surface area contributed by atoms with E-state index in [1.54, 1.807) is 6.08 Å². The van der Waals surface area contributed by atoms with Gasteiger partial charge in [-0.2, -0.15) is 0 Å². The lowest BCUT2D eigenvalue weighted by atomic mass is 9.80. The van der Waals surface area contributed by atoms with Crippen LogP contribution in [0.15, 0.2) is 47.8 Å². The highest BCUT2D eigenvalue weighted by molar-refractivity contribution is 6.28. The Bertz CT molecular complexity index is 1510. The van der Waals surface area contributed by atoms with Crippen LogP contribution in [-0.4, -0.2) is 91.9 Å². The van der Waals surface area contributed by atoms with Crippen LogP contribution in [0.4, 0.5) is 10.5 Å². The molecule has 0 bridgehead atoms. The Hall–Kier alpha value is -3.47. The maximum Gasteiger partial charge on any atom is 0.333 e. The van der Waals surface area contributed by atoms with Crippen molar-refractivity contribution in [3.63, 3.8) is 0 Å². The number of carbonyl (C=O) groups is 4. The molecule has 4 amide bonds. The van der Waals surface area contributed by atoms with Gasteiger partial charge in [-0.25, -0.2) is 4.79 Å². The highest BCUT2D eigenvalue weighted by Gasteiger charge is 2.41. The molecule has 1 aromatic carbocycles. The van der Waals surface area contributed by atoms with Crippen molar-refractivity contribution in [1.29, 1.82) is 0 Å². The summed E-state index contributed by atoms with van der Waals surface area (Å²) >= 11 is 5.69. The standard InChI is InChI=1S/C44H66ClN3O7/c1-7-10-26-47-41(50)38(24-22-36-33-39(44(4,5)6)37-23-21-34(32-40(37)55-36)46(8-2)9-3)42(51)48(43(47)52)27-16-13-14-19-35(49)20-18-29-54-31-30-53-28-17-12-11-15-25-45/h21-24,32-33H,7-20,25-31H2,1-6H3/b36-22-,38-24+. The summed E-state index contributed by atoms with van der Waals surface area (Å²) in [5, 5.41) is 0. The molecule has 0 N–H and O–H groups in total. The summed E-state index contributed by atoms with van der Waals surface area (Å²) in [5.41, 5.74) is 2.88. The van der Waals surface area contributed by atoms with Gasteiger partial charge in [0.05, 0.1) is 13.2 Å². The third-order valence-corrected chi connectivity index (χ3v) is 10.2. The van der Waals surface area contributed by atoms with E-state index in [1.807, 2.05) is 19.1 Å². The lowest BCUT2D eigenvalue weighted by Gasteiger charge is -2.34. The normalized spacial score (nSPS) is 16.2. The molecule has 0 atom stereocenters. The number of amides is 4. The second-order valence-electron chi connectivity index (χ2n) is 15.2. The number of unbranched alkanes of at least 4 members (excludes halogenated alkanes) is 6. The van der Waals surface area contributed by atoms with E-state index >= 15 is 0 Å². The van der Waals surface area contributed by atoms with Crippen molar-refractivity contribution in [2.45, 2.75) is 119 Å². The molecule has 0 spiro atoms. The molecular weight excluding hydrogens is 718 g/mol. The molecule has 0 aromatic heterocycles. The first-order valence-corrected chi connectivity index (χ1v) is 21.1. The second kappa shape index (κ2) is 24.2. The largest absolute Gasteiger partial charge is 0.457 e. The van der Waals surface area contributed by atoms with Gasteiger partial charge < -0.3 is 19.1 Å². The summed E-state index contributed by atoms with van der Waals surface area (Å²) in [5.74, 6) is 0.923. The molecule has 306 valence electrons. The van der Waals surface area contributed by atoms with Gasteiger partial charge >= 0.3 is 6.03 Å². The molecule has 2 aliphatic heterocycles. The van der Waals surface area contributed by atoms with Crippen molar-refractivity contribution in [2.75, 3.05) is 63.4 Å². The zero-order valence-electron chi connectivity index (χ0n) is 34.4. The number of barbiturate groups is 1. The Morgan fingerprint density at radius 3 is 2.04 bits per heavy atom. The molecule has 55 heavy (non-hydrogen) atoms. The Kier molecular flexibility index (Phi) is 20.2. The summed E-state index contributed by atoms with van der Waals surface area (Å²) in [7, 11) is 0. The van der Waals surface area contributed by atoms with Gasteiger partial charge in [0.2, 0.25) is 0 Å². The van der Waals surface area contributed by atoms with E-state index in [0.717, 1.165) is 74.4 Å². The molecule has 0 aliphatic carbocycles. The summed E-state index contributed by atoms with van der Waals surface area (Å²) in [6, 6.07) is 5.67. The Labute approximate surface area is 335 Å². The molecule has 11 heteroatoms. The first-order valence-electron chi connectivity index (χ1n) is 20.6. The molecular formula is C44H66ClN3O7. The number of allylic oxidation sites excluding steroid dienone is 4. The minimum Gasteiger partial charge on any atom is -0.457 e. The van der Waals surface area contributed by atoms with Crippen LogP contribution in [-0.2, 0) is 23.9 Å². The fourth-order valence-corrected chi connectivity index (χ4v) is 6.83. The van der Waals surface area contributed by atoms with Crippen LogP contribution in [0.25, 0.3) is 5.57 Å². The van der Waals surface area contributed by atoms with E-state index in [2.05, 4.69) is 51.7 Å². The molecule has 1 saturated heterocycles. The Balaban J connectivity index is 1.57. The number of alkyl halides is 1. The van der Waals surface area contributed by atoms with Crippen molar-refractivity contribution in [2.24, 2.45) is 5.41 Å². The molecule has 3 rings (SSSR count). The summed E-state index contributed by atoms with van der Waals surface area (Å²) < 4.78 is 17.6. The number of hydrogen-bond acceptors (Lipinski definition) is 8. The van der Waals surface area contributed by atoms with Crippen molar-refractivity contribution in [3.8, 4) is 5.75 Å². The number of rotatable bonds is 26. The molecule has 2 heterocycles. The quantitative estimate of drug-likeness (QED) is 0.0396. The SMILES string of the molecule is CCCCN1C(=O)/C(=C\C=C2\C=C(C(C)(C)C)c3ccc(N(CC)CC)cc3O2)C(=O)N(CCCCCC(=O)CCCOCCOCCCCCCCl)C1=O. The molecule has 1 fully saturated rings. The molecule has 0 unspecified atom stereocenters. The van der Waals surface area contributed by atoms with Crippen LogP contribution in [0.5, 0.6) is 5.75 Å². The van der Waals surface area contributed by atoms with E-state index in [1.165, 1.54) is 15.9 Å². The smallest absolute Gasteiger partial charge is 0.333 e. The number of hydrogen-bond donors (Lipinski definition) is 0. The molecule has 1 aromatic rings. The summed E-state index contributed by atoms with van der Waals surface area (Å²) in [4.78, 5) is 57.8. The van der Waals surface area contributed by atoms with Crippen molar-refractivity contribution < 1.29 is 33.4 Å². The minimum absolute atomic E-state index is 0.0674. The van der Waals surface area contributed by atoms with E-state index in [9.17, 15) is 19.2 Å². The average Bonchev–Trinajstić information content (AvgIpc) is 3.16. The van der Waals surface area contributed by atoms with Gasteiger partial charge in [0, 0.05) is 75.4 Å². The maximum absolute atomic E-state index is 13.7. The molecule has 10 nitrogen and oxygen atoms in total. The van der Waals surface area contributed by atoms with E-state index in [-0.39, 0.29) is 29.9 Å². The van der Waals surface area contributed by atoms with Crippen LogP contribution in [0.2, 0.25) is 0 Å². The predicted octanol–water partition coefficient (Wildman–Crippen LogP) is 9.50. The Morgan fingerprint density at radius 1 is 0.782 bits per heavy atom. The maximum atomic E-state index is 13.7. The van der Waals surface area contributed by atoms with E-state index in [4.69, 9.17) is 25.8 Å². The second-order valence-corrected chi connectivity index (χ2v) is 15.6. The van der Waals surface area contributed by atoms with Crippen LogP contribution in [0, 0.1) is 5.41 Å². The molecule has 0 saturated carbocycles.